The number of aromatic nitrogens is 4. The molecule has 3 aromatic rings. The molecule has 0 radical (unpaired) electrons. The van der Waals surface area contributed by atoms with Crippen LogP contribution < -0.4 is 10.7 Å². The Morgan fingerprint density at radius 2 is 2.03 bits per heavy atom. The van der Waals surface area contributed by atoms with Crippen molar-refractivity contribution in [2.24, 2.45) is 0 Å². The maximum absolute atomic E-state index is 12.4. The quantitative estimate of drug-likeness (QED) is 0.526. The van der Waals surface area contributed by atoms with Crippen LogP contribution in [0.5, 0.6) is 5.75 Å². The van der Waals surface area contributed by atoms with Crippen LogP contribution in [0.1, 0.15) is 56.0 Å². The number of aromatic hydroxyl groups is 1. The van der Waals surface area contributed by atoms with Crippen molar-refractivity contribution < 1.29 is 10.2 Å². The first kappa shape index (κ1) is 19.3. The predicted molar refractivity (Wildman–Crippen MR) is 112 cm³/mol. The molecule has 0 aromatic carbocycles. The van der Waals surface area contributed by atoms with Crippen molar-refractivity contribution in [2.45, 2.75) is 63.3 Å². The molecule has 3 aromatic heterocycles. The van der Waals surface area contributed by atoms with Crippen LogP contribution in [0, 0.1) is 0 Å². The summed E-state index contributed by atoms with van der Waals surface area (Å²) in [5.41, 5.74) is 1.24. The predicted octanol–water partition coefficient (Wildman–Crippen LogP) is 2.18. The van der Waals surface area contributed by atoms with Crippen molar-refractivity contribution in [1.29, 1.82) is 0 Å². The minimum absolute atomic E-state index is 0.0608. The molecule has 6 bridgehead atoms. The maximum Gasteiger partial charge on any atom is 0.248 e. The molecular formula is C22H27N5O3. The zero-order chi connectivity index (χ0) is 20.7. The number of rotatable bonds is 0. The number of aryl methyl sites for hydroxylation is 1. The highest BCUT2D eigenvalue weighted by atomic mass is 16.3. The molecule has 1 spiro atoms. The van der Waals surface area contributed by atoms with Crippen molar-refractivity contribution >= 4 is 11.0 Å². The van der Waals surface area contributed by atoms with Crippen LogP contribution in [0.2, 0.25) is 0 Å². The van der Waals surface area contributed by atoms with E-state index in [4.69, 9.17) is 4.98 Å². The lowest BCUT2D eigenvalue weighted by atomic mass is 9.97. The molecule has 2 aliphatic heterocycles. The summed E-state index contributed by atoms with van der Waals surface area (Å²) in [6.45, 7) is 1.04. The van der Waals surface area contributed by atoms with Gasteiger partial charge in [-0.2, -0.15) is 5.10 Å². The highest BCUT2D eigenvalue weighted by molar-refractivity contribution is 5.77. The molecule has 8 nitrogen and oxygen atoms in total. The molecule has 1 fully saturated rings. The standard InChI is InChI=1S/C22H27N5O3/c28-17-13-26-14-22(7-2-3-8-22)27-10-6-16-11-15(12-24-20(16)27)5-1-4-9-23-21(30)18(25-26)19(17)29/h6,10-13,21,23,28,30H,1-5,7-9,14H2. The van der Waals surface area contributed by atoms with E-state index < -0.39 is 17.4 Å². The van der Waals surface area contributed by atoms with Gasteiger partial charge in [0.1, 0.15) is 5.65 Å². The van der Waals surface area contributed by atoms with Gasteiger partial charge in [-0.05, 0) is 56.3 Å². The number of nitrogens with zero attached hydrogens (tertiary/aromatic N) is 4. The molecule has 1 atom stereocenters. The van der Waals surface area contributed by atoms with Gasteiger partial charge >= 0.3 is 0 Å². The summed E-state index contributed by atoms with van der Waals surface area (Å²) >= 11 is 0. The average molecular weight is 409 g/mol. The number of pyridine rings is 1. The van der Waals surface area contributed by atoms with E-state index in [9.17, 15) is 15.0 Å². The zero-order valence-electron chi connectivity index (χ0n) is 16.9. The van der Waals surface area contributed by atoms with Crippen LogP contribution in [0.4, 0.5) is 0 Å². The van der Waals surface area contributed by atoms with Crippen molar-refractivity contribution in [3.05, 3.63) is 52.2 Å². The Bertz CT molecular complexity index is 1130. The van der Waals surface area contributed by atoms with E-state index in [1.165, 1.54) is 11.8 Å². The second-order valence-electron chi connectivity index (χ2n) is 8.61. The van der Waals surface area contributed by atoms with Crippen LogP contribution in [-0.2, 0) is 18.5 Å². The van der Waals surface area contributed by atoms with E-state index in [1.54, 1.807) is 4.68 Å². The average Bonchev–Trinajstić information content (AvgIpc) is 3.37. The van der Waals surface area contributed by atoms with Crippen molar-refractivity contribution in [3.8, 4) is 5.75 Å². The molecule has 1 saturated carbocycles. The van der Waals surface area contributed by atoms with Gasteiger partial charge in [0, 0.05) is 17.8 Å². The Morgan fingerprint density at radius 3 is 2.87 bits per heavy atom. The largest absolute Gasteiger partial charge is 0.503 e. The molecule has 30 heavy (non-hydrogen) atoms. The Kier molecular flexibility index (Phi) is 4.83. The van der Waals surface area contributed by atoms with Crippen LogP contribution in [0.15, 0.2) is 35.5 Å². The van der Waals surface area contributed by atoms with Crippen LogP contribution >= 0.6 is 0 Å². The fourth-order valence-corrected chi connectivity index (χ4v) is 4.99. The minimum Gasteiger partial charge on any atom is -0.503 e. The summed E-state index contributed by atoms with van der Waals surface area (Å²) in [4.78, 5) is 17.2. The van der Waals surface area contributed by atoms with Crippen LogP contribution in [-0.4, -0.2) is 36.1 Å². The van der Waals surface area contributed by atoms with Crippen LogP contribution in [0.3, 0.4) is 0 Å². The number of hydrogen-bond acceptors (Lipinski definition) is 6. The molecule has 5 heterocycles. The van der Waals surface area contributed by atoms with Gasteiger partial charge in [-0.3, -0.25) is 14.8 Å². The van der Waals surface area contributed by atoms with Gasteiger partial charge in [0.2, 0.25) is 5.43 Å². The molecule has 1 aliphatic carbocycles. The topological polar surface area (TPSA) is 105 Å². The van der Waals surface area contributed by atoms with E-state index in [0.717, 1.165) is 56.0 Å². The zero-order valence-corrected chi connectivity index (χ0v) is 16.9. The van der Waals surface area contributed by atoms with E-state index in [-0.39, 0.29) is 11.2 Å². The first-order valence-electron chi connectivity index (χ1n) is 10.7. The third-order valence-corrected chi connectivity index (χ3v) is 6.55. The molecule has 3 N–H and O–H groups in total. The summed E-state index contributed by atoms with van der Waals surface area (Å²) < 4.78 is 3.85. The van der Waals surface area contributed by atoms with Gasteiger partial charge in [0.05, 0.1) is 18.3 Å². The van der Waals surface area contributed by atoms with Gasteiger partial charge < -0.3 is 14.8 Å². The molecule has 6 rings (SSSR count). The number of hydrogen-bond donors (Lipinski definition) is 3. The monoisotopic (exact) mass is 409 g/mol. The van der Waals surface area contributed by atoms with E-state index in [2.05, 4.69) is 33.3 Å². The Balaban J connectivity index is 1.66. The molecule has 0 saturated heterocycles. The fraction of sp³-hybridized carbons (Fsp3) is 0.500. The Hall–Kier alpha value is -2.71. The summed E-state index contributed by atoms with van der Waals surface area (Å²) in [5, 5.41) is 29.2. The summed E-state index contributed by atoms with van der Waals surface area (Å²) in [6.07, 6.45) is 11.1. The minimum atomic E-state index is -1.21. The molecule has 3 aliphatic rings. The second-order valence-corrected chi connectivity index (χ2v) is 8.61. The van der Waals surface area contributed by atoms with Crippen LogP contribution in [0.25, 0.3) is 11.0 Å². The van der Waals surface area contributed by atoms with Gasteiger partial charge in [0.25, 0.3) is 0 Å². The van der Waals surface area contributed by atoms with E-state index in [1.807, 2.05) is 6.20 Å². The normalized spacial score (nSPS) is 21.7. The number of nitrogens with one attached hydrogen (secondary N) is 1. The summed E-state index contributed by atoms with van der Waals surface area (Å²) in [6, 6.07) is 4.34. The maximum atomic E-state index is 12.4. The van der Waals surface area contributed by atoms with E-state index >= 15 is 0 Å². The lowest BCUT2D eigenvalue weighted by molar-refractivity contribution is 0.128. The lowest BCUT2D eigenvalue weighted by Crippen LogP contribution is -2.37. The third-order valence-electron chi connectivity index (χ3n) is 6.55. The highest BCUT2D eigenvalue weighted by Crippen LogP contribution is 2.40. The first-order chi connectivity index (χ1) is 14.6. The van der Waals surface area contributed by atoms with Gasteiger partial charge in [0.15, 0.2) is 17.7 Å². The summed E-state index contributed by atoms with van der Waals surface area (Å²) in [5.74, 6) is -0.393. The van der Waals surface area contributed by atoms with Gasteiger partial charge in [-0.1, -0.05) is 12.8 Å². The third kappa shape index (κ3) is 3.30. The smallest absolute Gasteiger partial charge is 0.248 e. The first-order valence-corrected chi connectivity index (χ1v) is 10.7. The number of fused-ring (bicyclic) bond motifs is 6. The van der Waals surface area contributed by atoms with Crippen molar-refractivity contribution in [2.75, 3.05) is 6.54 Å². The van der Waals surface area contributed by atoms with Gasteiger partial charge in [-0.15, -0.1) is 0 Å². The molecule has 1 unspecified atom stereocenters. The second kappa shape index (κ2) is 7.52. The Morgan fingerprint density at radius 1 is 1.20 bits per heavy atom. The number of aliphatic hydroxyl groups is 1. The SMILES string of the molecule is O=c1c(O)cn2nc1C(O)NCCCCc1cnc3c(ccn3C3(CCCC3)C2)c1. The fourth-order valence-electron chi connectivity index (χ4n) is 4.99. The summed E-state index contributed by atoms with van der Waals surface area (Å²) in [7, 11) is 0. The van der Waals surface area contributed by atoms with Crippen molar-refractivity contribution in [1.82, 2.24) is 24.6 Å². The molecular weight excluding hydrogens is 382 g/mol. The molecule has 8 heteroatoms. The Labute approximate surface area is 174 Å². The lowest BCUT2D eigenvalue weighted by Gasteiger charge is -2.32. The molecule has 158 valence electrons. The van der Waals surface area contributed by atoms with Gasteiger partial charge in [-0.25, -0.2) is 4.98 Å². The van der Waals surface area contributed by atoms with E-state index in [0.29, 0.717) is 13.1 Å². The van der Waals surface area contributed by atoms with Crippen molar-refractivity contribution in [3.63, 3.8) is 0 Å². The highest BCUT2D eigenvalue weighted by Gasteiger charge is 2.37. The number of aliphatic hydroxyl groups excluding tert-OH is 1. The molecule has 0 amide bonds.